The van der Waals surface area contributed by atoms with Crippen LogP contribution in [0.5, 0.6) is 0 Å². The van der Waals surface area contributed by atoms with E-state index < -0.39 is 0 Å². The van der Waals surface area contributed by atoms with E-state index in [-0.39, 0.29) is 34.9 Å². The zero-order valence-corrected chi connectivity index (χ0v) is 16.7. The summed E-state index contributed by atoms with van der Waals surface area (Å²) >= 11 is 0. The molecular formula is C23H34O4. The second-order valence-corrected chi connectivity index (χ2v) is 10.7. The zero-order chi connectivity index (χ0) is 19.0. The van der Waals surface area contributed by atoms with Gasteiger partial charge in [0.25, 0.3) is 0 Å². The van der Waals surface area contributed by atoms with Gasteiger partial charge in [0.05, 0.1) is 12.2 Å². The SMILES string of the molecule is C[C@]12CCC(O)C[C@H]1C(O)C[C@H]1[C@H]2CC[C@@]2(C)C(C3=CC(=O)OC3)CC[C@@H]12. The van der Waals surface area contributed by atoms with Crippen molar-refractivity contribution in [1.29, 1.82) is 0 Å². The maximum Gasteiger partial charge on any atom is 0.331 e. The van der Waals surface area contributed by atoms with Crippen LogP contribution in [0.3, 0.4) is 0 Å². The highest BCUT2D eigenvalue weighted by Gasteiger charge is 2.62. The molecule has 150 valence electrons. The van der Waals surface area contributed by atoms with Crippen molar-refractivity contribution in [3.05, 3.63) is 11.6 Å². The van der Waals surface area contributed by atoms with Crippen molar-refractivity contribution >= 4 is 5.97 Å². The Bertz CT molecular complexity index is 671. The summed E-state index contributed by atoms with van der Waals surface area (Å²) in [5.41, 5.74) is 1.62. The normalized spacial score (nSPS) is 54.6. The van der Waals surface area contributed by atoms with Gasteiger partial charge in [-0.2, -0.15) is 0 Å². The molecular weight excluding hydrogens is 340 g/mol. The molecule has 4 fully saturated rings. The molecule has 0 aromatic rings. The van der Waals surface area contributed by atoms with Crippen LogP contribution in [0, 0.1) is 40.4 Å². The molecule has 1 heterocycles. The Kier molecular flexibility index (Phi) is 4.08. The van der Waals surface area contributed by atoms with Crippen molar-refractivity contribution in [2.75, 3.05) is 6.61 Å². The summed E-state index contributed by atoms with van der Waals surface area (Å²) in [6.07, 6.45) is 9.68. The molecule has 4 heteroatoms. The third-order valence-corrected chi connectivity index (χ3v) is 9.78. The Morgan fingerprint density at radius 3 is 2.44 bits per heavy atom. The first-order valence-corrected chi connectivity index (χ1v) is 11.1. The van der Waals surface area contributed by atoms with Gasteiger partial charge >= 0.3 is 5.97 Å². The summed E-state index contributed by atoms with van der Waals surface area (Å²) in [5, 5.41) is 21.2. The average Bonchev–Trinajstić information content (AvgIpc) is 3.19. The zero-order valence-electron chi connectivity index (χ0n) is 16.7. The van der Waals surface area contributed by atoms with Gasteiger partial charge < -0.3 is 14.9 Å². The molecule has 4 saturated carbocycles. The summed E-state index contributed by atoms with van der Waals surface area (Å²) in [4.78, 5) is 11.6. The van der Waals surface area contributed by atoms with E-state index in [2.05, 4.69) is 13.8 Å². The summed E-state index contributed by atoms with van der Waals surface area (Å²) < 4.78 is 5.23. The molecule has 0 bridgehead atoms. The van der Waals surface area contributed by atoms with Crippen LogP contribution in [0.15, 0.2) is 11.6 Å². The number of rotatable bonds is 1. The fraction of sp³-hybridized carbons (Fsp3) is 0.870. The third kappa shape index (κ3) is 2.51. The maximum atomic E-state index is 11.6. The molecule has 2 N–H and O–H groups in total. The average molecular weight is 375 g/mol. The van der Waals surface area contributed by atoms with Crippen molar-refractivity contribution in [2.24, 2.45) is 40.4 Å². The monoisotopic (exact) mass is 374 g/mol. The van der Waals surface area contributed by atoms with Crippen LogP contribution < -0.4 is 0 Å². The van der Waals surface area contributed by atoms with E-state index in [4.69, 9.17) is 4.74 Å². The van der Waals surface area contributed by atoms with E-state index in [0.29, 0.717) is 30.3 Å². The molecule has 5 aliphatic rings. The van der Waals surface area contributed by atoms with E-state index in [1.54, 1.807) is 6.08 Å². The van der Waals surface area contributed by atoms with Gasteiger partial charge in [-0.05, 0) is 97.4 Å². The van der Waals surface area contributed by atoms with Gasteiger partial charge in [0.2, 0.25) is 0 Å². The van der Waals surface area contributed by atoms with Crippen molar-refractivity contribution in [3.63, 3.8) is 0 Å². The molecule has 0 amide bonds. The summed E-state index contributed by atoms with van der Waals surface area (Å²) in [7, 11) is 0. The van der Waals surface area contributed by atoms with Crippen molar-refractivity contribution in [2.45, 2.75) is 77.4 Å². The lowest BCUT2D eigenvalue weighted by molar-refractivity contribution is -0.169. The van der Waals surface area contributed by atoms with Crippen molar-refractivity contribution in [1.82, 2.24) is 0 Å². The third-order valence-electron chi connectivity index (χ3n) is 9.78. The van der Waals surface area contributed by atoms with Gasteiger partial charge in [0, 0.05) is 6.08 Å². The minimum Gasteiger partial charge on any atom is -0.458 e. The number of hydrogen-bond acceptors (Lipinski definition) is 4. The van der Waals surface area contributed by atoms with Crippen LogP contribution in [0.2, 0.25) is 0 Å². The smallest absolute Gasteiger partial charge is 0.331 e. The molecule has 0 spiro atoms. The van der Waals surface area contributed by atoms with Gasteiger partial charge in [-0.25, -0.2) is 4.79 Å². The lowest BCUT2D eigenvalue weighted by atomic mass is 9.44. The number of esters is 1. The predicted molar refractivity (Wildman–Crippen MR) is 102 cm³/mol. The number of ether oxygens (including phenoxy) is 1. The van der Waals surface area contributed by atoms with E-state index in [0.717, 1.165) is 32.1 Å². The molecule has 0 aromatic carbocycles. The number of aliphatic hydroxyl groups is 2. The van der Waals surface area contributed by atoms with Gasteiger partial charge in [0.1, 0.15) is 6.61 Å². The number of carbonyl (C=O) groups excluding carboxylic acids is 1. The Morgan fingerprint density at radius 2 is 1.70 bits per heavy atom. The molecule has 0 radical (unpaired) electrons. The molecule has 4 aliphatic carbocycles. The van der Waals surface area contributed by atoms with E-state index in [9.17, 15) is 15.0 Å². The van der Waals surface area contributed by atoms with Crippen molar-refractivity contribution in [3.8, 4) is 0 Å². The first kappa shape index (κ1) is 18.2. The highest BCUT2D eigenvalue weighted by molar-refractivity contribution is 5.85. The van der Waals surface area contributed by atoms with Gasteiger partial charge in [0.15, 0.2) is 0 Å². The molecule has 0 aromatic heterocycles. The lowest BCUT2D eigenvalue weighted by Crippen LogP contribution is -2.58. The summed E-state index contributed by atoms with van der Waals surface area (Å²) in [6.45, 7) is 5.34. The number of cyclic esters (lactones) is 1. The minimum atomic E-state index is -0.275. The number of hydrogen-bond donors (Lipinski definition) is 2. The molecule has 9 atom stereocenters. The fourth-order valence-corrected chi connectivity index (χ4v) is 8.48. The number of aliphatic hydroxyl groups excluding tert-OH is 2. The molecule has 3 unspecified atom stereocenters. The van der Waals surface area contributed by atoms with Gasteiger partial charge in [-0.15, -0.1) is 0 Å². The quantitative estimate of drug-likeness (QED) is 0.690. The van der Waals surface area contributed by atoms with Crippen molar-refractivity contribution < 1.29 is 19.7 Å². The Balaban J connectivity index is 1.44. The van der Waals surface area contributed by atoms with Gasteiger partial charge in [-0.1, -0.05) is 13.8 Å². The minimum absolute atomic E-state index is 0.171. The van der Waals surface area contributed by atoms with Crippen LogP contribution >= 0.6 is 0 Å². The number of fused-ring (bicyclic) bond motifs is 5. The highest BCUT2D eigenvalue weighted by atomic mass is 16.5. The predicted octanol–water partition coefficient (Wildman–Crippen LogP) is 3.46. The fourth-order valence-electron chi connectivity index (χ4n) is 8.48. The topological polar surface area (TPSA) is 66.8 Å². The second-order valence-electron chi connectivity index (χ2n) is 10.7. The van der Waals surface area contributed by atoms with Crippen LogP contribution in [0.25, 0.3) is 0 Å². The van der Waals surface area contributed by atoms with E-state index in [1.165, 1.54) is 24.8 Å². The Morgan fingerprint density at radius 1 is 0.963 bits per heavy atom. The van der Waals surface area contributed by atoms with Crippen LogP contribution in [-0.4, -0.2) is 35.0 Å². The van der Waals surface area contributed by atoms with Crippen LogP contribution in [0.1, 0.15) is 65.2 Å². The maximum absolute atomic E-state index is 11.6. The lowest BCUT2D eigenvalue weighted by Gasteiger charge is -2.62. The molecule has 5 rings (SSSR count). The summed E-state index contributed by atoms with van der Waals surface area (Å²) in [5.74, 6) is 2.44. The largest absolute Gasteiger partial charge is 0.458 e. The van der Waals surface area contributed by atoms with E-state index in [1.807, 2.05) is 0 Å². The molecule has 4 nitrogen and oxygen atoms in total. The van der Waals surface area contributed by atoms with Crippen LogP contribution in [-0.2, 0) is 9.53 Å². The second kappa shape index (κ2) is 6.06. The first-order chi connectivity index (χ1) is 12.8. The number of carbonyl (C=O) groups is 1. The Hall–Kier alpha value is -0.870. The highest BCUT2D eigenvalue weighted by Crippen LogP contribution is 2.68. The van der Waals surface area contributed by atoms with Gasteiger partial charge in [-0.3, -0.25) is 0 Å². The molecule has 27 heavy (non-hydrogen) atoms. The summed E-state index contributed by atoms with van der Waals surface area (Å²) in [6, 6.07) is 0. The first-order valence-electron chi connectivity index (χ1n) is 11.1. The van der Waals surface area contributed by atoms with E-state index >= 15 is 0 Å². The molecule has 1 aliphatic heterocycles. The standard InChI is InChI=1S/C23H34O4/c1-22-8-6-18-15(11-20(25)19-10-14(24)5-7-23(18,19)2)17(22)4-3-16(22)13-9-21(26)27-12-13/h9,14-20,24-25H,3-8,10-12H2,1-2H3/t14?,15-,16?,17+,18-,19+,20?,22+,23-/m1/s1. The molecule has 0 saturated heterocycles. The van der Waals surface area contributed by atoms with Crippen LogP contribution in [0.4, 0.5) is 0 Å². The Labute approximate surface area is 162 Å².